The summed E-state index contributed by atoms with van der Waals surface area (Å²) in [5.41, 5.74) is 2.66. The van der Waals surface area contributed by atoms with Crippen LogP contribution >= 0.6 is 0 Å². The molecule has 2 unspecified atom stereocenters. The lowest BCUT2D eigenvalue weighted by atomic mass is 9.97. The highest BCUT2D eigenvalue weighted by molar-refractivity contribution is 5.58. The average molecular weight is 274 g/mol. The van der Waals surface area contributed by atoms with Crippen LogP contribution in [0.5, 0.6) is 0 Å². The largest absolute Gasteiger partial charge is 0.382 e. The van der Waals surface area contributed by atoms with Gasteiger partial charge in [-0.3, -0.25) is 0 Å². The first-order valence-electron chi connectivity index (χ1n) is 8.34. The SMILES string of the molecule is CCC(C)CC(CC)Nc1cccc(N2CCCC2)c1. The predicted octanol–water partition coefficient (Wildman–Crippen LogP) is 4.91. The van der Waals surface area contributed by atoms with Crippen molar-refractivity contribution < 1.29 is 0 Å². The van der Waals surface area contributed by atoms with Crippen LogP contribution in [-0.4, -0.2) is 19.1 Å². The number of rotatable bonds is 7. The van der Waals surface area contributed by atoms with E-state index in [1.54, 1.807) is 0 Å². The van der Waals surface area contributed by atoms with E-state index < -0.39 is 0 Å². The molecule has 1 aromatic carbocycles. The number of benzene rings is 1. The zero-order valence-electron chi connectivity index (χ0n) is 13.4. The number of nitrogens with one attached hydrogen (secondary N) is 1. The highest BCUT2D eigenvalue weighted by atomic mass is 15.1. The Morgan fingerprint density at radius 2 is 1.90 bits per heavy atom. The maximum absolute atomic E-state index is 3.73. The second-order valence-electron chi connectivity index (χ2n) is 6.24. The molecule has 1 aromatic rings. The van der Waals surface area contributed by atoms with Gasteiger partial charge in [-0.2, -0.15) is 0 Å². The quantitative estimate of drug-likeness (QED) is 0.759. The Balaban J connectivity index is 1.98. The predicted molar refractivity (Wildman–Crippen MR) is 89.7 cm³/mol. The molecule has 0 aromatic heterocycles. The van der Waals surface area contributed by atoms with Gasteiger partial charge in [-0.1, -0.05) is 33.3 Å². The summed E-state index contributed by atoms with van der Waals surface area (Å²) in [4.78, 5) is 2.50. The van der Waals surface area contributed by atoms with Gasteiger partial charge in [0, 0.05) is 30.5 Å². The summed E-state index contributed by atoms with van der Waals surface area (Å²) in [6.07, 6.45) is 6.40. The van der Waals surface area contributed by atoms with Crippen molar-refractivity contribution in [1.82, 2.24) is 0 Å². The summed E-state index contributed by atoms with van der Waals surface area (Å²) >= 11 is 0. The van der Waals surface area contributed by atoms with Crippen molar-refractivity contribution in [2.45, 2.75) is 58.9 Å². The van der Waals surface area contributed by atoms with Crippen molar-refractivity contribution in [2.75, 3.05) is 23.3 Å². The Bertz CT molecular complexity index is 396. The number of nitrogens with zero attached hydrogens (tertiary/aromatic N) is 1. The molecule has 0 radical (unpaired) electrons. The van der Waals surface area contributed by atoms with Crippen LogP contribution in [0.4, 0.5) is 11.4 Å². The van der Waals surface area contributed by atoms with Crippen molar-refractivity contribution in [3.63, 3.8) is 0 Å². The van der Waals surface area contributed by atoms with Gasteiger partial charge >= 0.3 is 0 Å². The molecule has 2 atom stereocenters. The maximum Gasteiger partial charge on any atom is 0.0386 e. The summed E-state index contributed by atoms with van der Waals surface area (Å²) in [5.74, 6) is 0.800. The molecule has 0 amide bonds. The standard InChI is InChI=1S/C18H30N2/c1-4-15(3)13-16(5-2)19-17-9-8-10-18(14-17)20-11-6-7-12-20/h8-10,14-16,19H,4-7,11-13H2,1-3H3. The molecular formula is C18H30N2. The van der Waals surface area contributed by atoms with Crippen molar-refractivity contribution >= 4 is 11.4 Å². The Labute approximate surface area is 124 Å². The van der Waals surface area contributed by atoms with E-state index in [4.69, 9.17) is 0 Å². The van der Waals surface area contributed by atoms with Crippen LogP contribution in [0.25, 0.3) is 0 Å². The lowest BCUT2D eigenvalue weighted by Crippen LogP contribution is -2.22. The fourth-order valence-electron chi connectivity index (χ4n) is 2.98. The van der Waals surface area contributed by atoms with Gasteiger partial charge in [0.05, 0.1) is 0 Å². The van der Waals surface area contributed by atoms with Crippen LogP contribution in [0.3, 0.4) is 0 Å². The summed E-state index contributed by atoms with van der Waals surface area (Å²) in [7, 11) is 0. The van der Waals surface area contributed by atoms with E-state index in [1.165, 1.54) is 56.6 Å². The molecule has 0 saturated carbocycles. The van der Waals surface area contributed by atoms with Gasteiger partial charge in [0.25, 0.3) is 0 Å². The monoisotopic (exact) mass is 274 g/mol. The first-order valence-corrected chi connectivity index (χ1v) is 8.34. The van der Waals surface area contributed by atoms with Gasteiger partial charge in [0.2, 0.25) is 0 Å². The highest BCUT2D eigenvalue weighted by Gasteiger charge is 2.14. The molecule has 2 heteroatoms. The Morgan fingerprint density at radius 3 is 2.55 bits per heavy atom. The van der Waals surface area contributed by atoms with Crippen LogP contribution in [0.15, 0.2) is 24.3 Å². The average Bonchev–Trinajstić information content (AvgIpc) is 3.01. The van der Waals surface area contributed by atoms with Crippen LogP contribution in [0, 0.1) is 5.92 Å². The molecule has 1 heterocycles. The van der Waals surface area contributed by atoms with E-state index in [0.29, 0.717) is 6.04 Å². The van der Waals surface area contributed by atoms with E-state index in [9.17, 15) is 0 Å². The van der Waals surface area contributed by atoms with Gasteiger partial charge in [0.15, 0.2) is 0 Å². The fraction of sp³-hybridized carbons (Fsp3) is 0.667. The number of hydrogen-bond donors (Lipinski definition) is 1. The zero-order chi connectivity index (χ0) is 14.4. The summed E-state index contributed by atoms with van der Waals surface area (Å²) in [5, 5.41) is 3.73. The minimum Gasteiger partial charge on any atom is -0.382 e. The van der Waals surface area contributed by atoms with E-state index in [-0.39, 0.29) is 0 Å². The molecule has 1 fully saturated rings. The van der Waals surface area contributed by atoms with Crippen molar-refractivity contribution in [3.05, 3.63) is 24.3 Å². The summed E-state index contributed by atoms with van der Waals surface area (Å²) in [6.45, 7) is 9.35. The third-order valence-electron chi connectivity index (χ3n) is 4.56. The molecule has 1 aliphatic heterocycles. The zero-order valence-corrected chi connectivity index (χ0v) is 13.4. The minimum atomic E-state index is 0.596. The van der Waals surface area contributed by atoms with Crippen LogP contribution < -0.4 is 10.2 Å². The first-order chi connectivity index (χ1) is 9.72. The molecule has 2 nitrogen and oxygen atoms in total. The van der Waals surface area contributed by atoms with Gasteiger partial charge in [-0.15, -0.1) is 0 Å². The smallest absolute Gasteiger partial charge is 0.0386 e. The highest BCUT2D eigenvalue weighted by Crippen LogP contribution is 2.25. The third kappa shape index (κ3) is 4.16. The van der Waals surface area contributed by atoms with Crippen molar-refractivity contribution in [2.24, 2.45) is 5.92 Å². The molecule has 20 heavy (non-hydrogen) atoms. The second-order valence-corrected chi connectivity index (χ2v) is 6.24. The van der Waals surface area contributed by atoms with Crippen LogP contribution in [0.1, 0.15) is 52.9 Å². The van der Waals surface area contributed by atoms with Crippen LogP contribution in [0.2, 0.25) is 0 Å². The molecule has 1 N–H and O–H groups in total. The number of hydrogen-bond acceptors (Lipinski definition) is 2. The molecule has 0 bridgehead atoms. The fourth-order valence-corrected chi connectivity index (χ4v) is 2.98. The van der Waals surface area contributed by atoms with E-state index in [0.717, 1.165) is 5.92 Å². The van der Waals surface area contributed by atoms with Gasteiger partial charge in [-0.05, 0) is 49.8 Å². The van der Waals surface area contributed by atoms with Gasteiger partial charge < -0.3 is 10.2 Å². The van der Waals surface area contributed by atoms with Gasteiger partial charge in [-0.25, -0.2) is 0 Å². The molecule has 112 valence electrons. The molecular weight excluding hydrogens is 244 g/mol. The number of anilines is 2. The normalized spacial score (nSPS) is 18.1. The maximum atomic E-state index is 3.73. The third-order valence-corrected chi connectivity index (χ3v) is 4.56. The molecule has 1 saturated heterocycles. The molecule has 1 aliphatic rings. The Hall–Kier alpha value is -1.18. The van der Waals surface area contributed by atoms with Crippen molar-refractivity contribution in [3.8, 4) is 0 Å². The second kappa shape index (κ2) is 7.56. The van der Waals surface area contributed by atoms with E-state index >= 15 is 0 Å². The first kappa shape index (κ1) is 15.2. The Kier molecular flexibility index (Phi) is 5.75. The van der Waals surface area contributed by atoms with Crippen molar-refractivity contribution in [1.29, 1.82) is 0 Å². The Morgan fingerprint density at radius 1 is 1.15 bits per heavy atom. The molecule has 0 aliphatic carbocycles. The lowest BCUT2D eigenvalue weighted by Gasteiger charge is -2.23. The lowest BCUT2D eigenvalue weighted by molar-refractivity contribution is 0.462. The molecule has 0 spiro atoms. The van der Waals surface area contributed by atoms with E-state index in [1.807, 2.05) is 0 Å². The van der Waals surface area contributed by atoms with E-state index in [2.05, 4.69) is 55.3 Å². The van der Waals surface area contributed by atoms with Crippen LogP contribution in [-0.2, 0) is 0 Å². The summed E-state index contributed by atoms with van der Waals surface area (Å²) < 4.78 is 0. The van der Waals surface area contributed by atoms with Gasteiger partial charge in [0.1, 0.15) is 0 Å². The topological polar surface area (TPSA) is 15.3 Å². The summed E-state index contributed by atoms with van der Waals surface area (Å²) in [6, 6.07) is 9.56. The minimum absolute atomic E-state index is 0.596. The molecule has 2 rings (SSSR count).